The van der Waals surface area contributed by atoms with Crippen LogP contribution >= 0.6 is 0 Å². The van der Waals surface area contributed by atoms with Gasteiger partial charge in [0.1, 0.15) is 0 Å². The van der Waals surface area contributed by atoms with Gasteiger partial charge in [-0.05, 0) is 55.6 Å². The lowest BCUT2D eigenvalue weighted by Crippen LogP contribution is -2.44. The number of hydrogen-bond acceptors (Lipinski definition) is 4. The third-order valence-corrected chi connectivity index (χ3v) is 7.40. The molecule has 28 heavy (non-hydrogen) atoms. The van der Waals surface area contributed by atoms with Gasteiger partial charge in [0, 0.05) is 31.4 Å². The third-order valence-electron chi connectivity index (χ3n) is 5.90. The maximum Gasteiger partial charge on any atom is 0.290 e. The van der Waals surface area contributed by atoms with E-state index in [1.807, 2.05) is 6.07 Å². The number of rotatable bonds is 5. The summed E-state index contributed by atoms with van der Waals surface area (Å²) in [5.74, 6) is 0. The van der Waals surface area contributed by atoms with Crippen molar-refractivity contribution in [2.24, 2.45) is 0 Å². The van der Waals surface area contributed by atoms with Crippen LogP contribution in [0.1, 0.15) is 25.3 Å². The van der Waals surface area contributed by atoms with E-state index in [4.69, 9.17) is 0 Å². The zero-order valence-corrected chi connectivity index (χ0v) is 16.9. The number of halogens is 1. The van der Waals surface area contributed by atoms with Crippen LogP contribution in [0.15, 0.2) is 53.4 Å². The van der Waals surface area contributed by atoms with E-state index in [-0.39, 0.29) is 15.1 Å². The van der Waals surface area contributed by atoms with Gasteiger partial charge in [0.2, 0.25) is 0 Å². The van der Waals surface area contributed by atoms with Crippen molar-refractivity contribution >= 4 is 21.4 Å². The van der Waals surface area contributed by atoms with E-state index in [0.29, 0.717) is 6.04 Å². The molecule has 2 heterocycles. The van der Waals surface area contributed by atoms with Crippen molar-refractivity contribution in [2.75, 3.05) is 35.6 Å². The second kappa shape index (κ2) is 7.72. The number of piperidine rings is 1. The predicted octanol–water partition coefficient (Wildman–Crippen LogP) is 3.61. The summed E-state index contributed by atoms with van der Waals surface area (Å²) in [6, 6.07) is 13.2. The molecule has 150 valence electrons. The molecule has 4 rings (SSSR count). The second-order valence-corrected chi connectivity index (χ2v) is 9.20. The molecule has 0 amide bonds. The summed E-state index contributed by atoms with van der Waals surface area (Å²) in [4.78, 5) is 4.73. The maximum absolute atomic E-state index is 15.0. The van der Waals surface area contributed by atoms with Gasteiger partial charge in [0.05, 0.1) is 10.6 Å². The Labute approximate surface area is 166 Å². The lowest BCUT2D eigenvalue weighted by molar-refractivity contribution is 0.219. The highest BCUT2D eigenvalue weighted by Crippen LogP contribution is 2.37. The van der Waals surface area contributed by atoms with E-state index >= 15 is 0 Å². The summed E-state index contributed by atoms with van der Waals surface area (Å²) in [6.07, 6.45) is 3.08. The summed E-state index contributed by atoms with van der Waals surface area (Å²) < 4.78 is 40.1. The number of anilines is 2. The van der Waals surface area contributed by atoms with Crippen LogP contribution in [0.2, 0.25) is 0 Å². The summed E-state index contributed by atoms with van der Waals surface area (Å²) in [6.45, 7) is 6.31. The van der Waals surface area contributed by atoms with E-state index in [1.54, 1.807) is 30.3 Å². The Hall–Kier alpha value is -2.12. The van der Waals surface area contributed by atoms with Crippen LogP contribution in [0.3, 0.4) is 0 Å². The third kappa shape index (κ3) is 3.49. The molecule has 1 saturated heterocycles. The Morgan fingerprint density at radius 1 is 1.07 bits per heavy atom. The molecule has 2 aliphatic heterocycles. The topological polar surface area (TPSA) is 43.9 Å². The minimum atomic E-state index is -4.22. The van der Waals surface area contributed by atoms with Crippen molar-refractivity contribution in [1.82, 2.24) is 4.90 Å². The fraction of sp³-hybridized carbons (Fsp3) is 0.429. The molecule has 0 aliphatic carbocycles. The fourth-order valence-electron chi connectivity index (χ4n) is 4.25. The highest BCUT2D eigenvalue weighted by molar-refractivity contribution is 7.92. The smallest absolute Gasteiger partial charge is 0.290 e. The van der Waals surface area contributed by atoms with Crippen LogP contribution in [0.4, 0.5) is 15.9 Å². The van der Waals surface area contributed by atoms with Gasteiger partial charge in [0.25, 0.3) is 10.0 Å². The molecular weight excluding hydrogens is 377 g/mol. The first-order valence-electron chi connectivity index (χ1n) is 9.89. The summed E-state index contributed by atoms with van der Waals surface area (Å²) in [5.41, 5.74) is 2.19. The van der Waals surface area contributed by atoms with Crippen molar-refractivity contribution < 1.29 is 12.9 Å². The first-order valence-corrected chi connectivity index (χ1v) is 11.3. The average Bonchev–Trinajstić information content (AvgIpc) is 3.17. The van der Waals surface area contributed by atoms with E-state index in [1.165, 1.54) is 12.1 Å². The van der Waals surface area contributed by atoms with Crippen LogP contribution in [0.5, 0.6) is 0 Å². The molecule has 0 aromatic heterocycles. The molecule has 5 nitrogen and oxygen atoms in total. The normalized spacial score (nSPS) is 18.3. The Bertz CT molecular complexity index is 928. The van der Waals surface area contributed by atoms with Crippen LogP contribution in [0, 0.1) is 0 Å². The van der Waals surface area contributed by atoms with Gasteiger partial charge in [0.15, 0.2) is 0 Å². The molecule has 0 unspecified atom stereocenters. The van der Waals surface area contributed by atoms with E-state index in [9.17, 15) is 12.9 Å². The molecule has 0 atom stereocenters. The highest BCUT2D eigenvalue weighted by atomic mass is 32.2. The maximum atomic E-state index is 15.0. The van der Waals surface area contributed by atoms with Crippen LogP contribution in [-0.4, -0.2) is 45.5 Å². The SMILES string of the molecule is CCN1CCC(N2CCc3ccc(N(F)S(=O)(=O)c4ccccc4)cc32)CC1. The summed E-state index contributed by atoms with van der Waals surface area (Å²) >= 11 is 0. The lowest BCUT2D eigenvalue weighted by Gasteiger charge is -2.37. The van der Waals surface area contributed by atoms with Crippen molar-refractivity contribution in [3.63, 3.8) is 0 Å². The van der Waals surface area contributed by atoms with Gasteiger partial charge >= 0.3 is 0 Å². The first kappa shape index (κ1) is 19.2. The van der Waals surface area contributed by atoms with Gasteiger partial charge in [-0.25, -0.2) is 0 Å². The number of hydrogen-bond donors (Lipinski definition) is 0. The summed E-state index contributed by atoms with van der Waals surface area (Å²) in [5, 5.41) is 0. The lowest BCUT2D eigenvalue weighted by atomic mass is 10.0. The molecular formula is C21H26FN3O2S. The molecule has 0 saturated carbocycles. The van der Waals surface area contributed by atoms with Crippen LogP contribution in [-0.2, 0) is 16.4 Å². The van der Waals surface area contributed by atoms with Gasteiger partial charge in [-0.3, -0.25) is 0 Å². The van der Waals surface area contributed by atoms with Crippen molar-refractivity contribution in [3.05, 3.63) is 54.1 Å². The van der Waals surface area contributed by atoms with E-state index < -0.39 is 10.0 Å². The number of fused-ring (bicyclic) bond motifs is 1. The largest absolute Gasteiger partial charge is 0.368 e. The number of sulfonamides is 1. The standard InChI is InChI=1S/C21H26FN3O2S/c1-2-23-13-11-18(12-14-23)24-15-10-17-8-9-19(16-21(17)24)25(22)28(26,27)20-6-4-3-5-7-20/h3-9,16,18H,2,10-15H2,1H3. The molecule has 2 aromatic carbocycles. The van der Waals surface area contributed by atoms with Crippen LogP contribution in [0.25, 0.3) is 0 Å². The molecule has 0 spiro atoms. The fourth-order valence-corrected chi connectivity index (χ4v) is 5.33. The number of nitrogens with zero attached hydrogens (tertiary/aromatic N) is 3. The van der Waals surface area contributed by atoms with Crippen molar-refractivity contribution in [1.29, 1.82) is 0 Å². The molecule has 0 radical (unpaired) electrons. The Balaban J connectivity index is 1.59. The zero-order chi connectivity index (χ0) is 19.7. The Morgan fingerprint density at radius 3 is 2.46 bits per heavy atom. The van der Waals surface area contributed by atoms with Crippen molar-refractivity contribution in [3.8, 4) is 0 Å². The molecule has 1 fully saturated rings. The first-order chi connectivity index (χ1) is 13.5. The highest BCUT2D eigenvalue weighted by Gasteiger charge is 2.31. The summed E-state index contributed by atoms with van der Waals surface area (Å²) in [7, 11) is -4.22. The Kier molecular flexibility index (Phi) is 5.29. The average molecular weight is 404 g/mol. The Morgan fingerprint density at radius 2 is 1.79 bits per heavy atom. The molecule has 0 bridgehead atoms. The minimum absolute atomic E-state index is 0.0539. The van der Waals surface area contributed by atoms with Gasteiger partial charge in [-0.1, -0.05) is 40.2 Å². The van der Waals surface area contributed by atoms with Crippen molar-refractivity contribution in [2.45, 2.75) is 37.1 Å². The second-order valence-electron chi connectivity index (χ2n) is 7.45. The monoisotopic (exact) mass is 403 g/mol. The molecule has 2 aromatic rings. The van der Waals surface area contributed by atoms with Gasteiger partial charge in [-0.15, -0.1) is 0 Å². The predicted molar refractivity (Wildman–Crippen MR) is 110 cm³/mol. The van der Waals surface area contributed by atoms with E-state index in [0.717, 1.165) is 56.7 Å². The van der Waals surface area contributed by atoms with Crippen LogP contribution < -0.4 is 9.43 Å². The number of likely N-dealkylation sites (tertiary alicyclic amines) is 1. The van der Waals surface area contributed by atoms with Gasteiger partial charge in [-0.2, -0.15) is 8.42 Å². The minimum Gasteiger partial charge on any atom is -0.368 e. The number of benzene rings is 2. The molecule has 7 heteroatoms. The van der Waals surface area contributed by atoms with E-state index in [2.05, 4.69) is 16.7 Å². The molecule has 0 N–H and O–H groups in total. The zero-order valence-electron chi connectivity index (χ0n) is 16.1. The van der Waals surface area contributed by atoms with Gasteiger partial charge < -0.3 is 9.80 Å². The quantitative estimate of drug-likeness (QED) is 0.716. The molecule has 2 aliphatic rings.